The molecule has 0 radical (unpaired) electrons. The second-order valence-corrected chi connectivity index (χ2v) is 6.09. The average Bonchev–Trinajstić information content (AvgIpc) is 2.54. The summed E-state index contributed by atoms with van der Waals surface area (Å²) >= 11 is 0. The molecule has 0 saturated heterocycles. The van der Waals surface area contributed by atoms with Gasteiger partial charge in [0.05, 0.1) is 5.56 Å². The molecule has 25 heavy (non-hydrogen) atoms. The first-order valence-corrected chi connectivity index (χ1v) is 8.09. The molecule has 0 heterocycles. The zero-order chi connectivity index (χ0) is 18.4. The largest absolute Gasteiger partial charge is 0.452 e. The summed E-state index contributed by atoms with van der Waals surface area (Å²) in [6.07, 6.45) is 4.00. The highest BCUT2D eigenvalue weighted by molar-refractivity contribution is 5.97. The molecule has 1 aromatic carbocycles. The Morgan fingerprint density at radius 1 is 1.20 bits per heavy atom. The summed E-state index contributed by atoms with van der Waals surface area (Å²) in [6, 6.07) is 1.70. The van der Waals surface area contributed by atoms with Gasteiger partial charge in [-0.25, -0.2) is 18.4 Å². The fourth-order valence-electron chi connectivity index (χ4n) is 2.76. The molecule has 1 aliphatic rings. The molecular weight excluding hydrogens is 334 g/mol. The first-order chi connectivity index (χ1) is 11.9. The number of esters is 1. The number of rotatable bonds is 4. The third kappa shape index (κ3) is 5.51. The lowest BCUT2D eigenvalue weighted by atomic mass is 9.86. The zero-order valence-electron chi connectivity index (χ0n) is 13.8. The van der Waals surface area contributed by atoms with Crippen molar-refractivity contribution in [3.05, 3.63) is 35.4 Å². The number of nitrogens with one attached hydrogen (secondary N) is 2. The maximum Gasteiger partial charge on any atom is 0.341 e. The molecule has 0 aliphatic heterocycles. The smallest absolute Gasteiger partial charge is 0.341 e. The van der Waals surface area contributed by atoms with E-state index in [4.69, 9.17) is 0 Å². The van der Waals surface area contributed by atoms with Crippen molar-refractivity contribution in [3.63, 3.8) is 0 Å². The van der Waals surface area contributed by atoms with Gasteiger partial charge in [-0.3, -0.25) is 10.1 Å². The molecule has 1 saturated carbocycles. The second-order valence-electron chi connectivity index (χ2n) is 6.09. The number of amides is 3. The molecule has 2 N–H and O–H groups in total. The van der Waals surface area contributed by atoms with Crippen LogP contribution in [0.1, 0.15) is 43.0 Å². The number of hydrogen-bond acceptors (Lipinski definition) is 4. The molecule has 3 amide bonds. The number of hydrogen-bond donors (Lipinski definition) is 2. The molecule has 2 atom stereocenters. The fraction of sp³-hybridized carbons (Fsp3) is 0.471. The van der Waals surface area contributed by atoms with Gasteiger partial charge < -0.3 is 10.1 Å². The molecule has 0 aromatic heterocycles. The summed E-state index contributed by atoms with van der Waals surface area (Å²) in [4.78, 5) is 35.1. The number of halogens is 2. The molecule has 0 spiro atoms. The van der Waals surface area contributed by atoms with Gasteiger partial charge in [0.2, 0.25) is 0 Å². The number of imide groups is 1. The lowest BCUT2D eigenvalue weighted by Gasteiger charge is -2.29. The third-order valence-electron chi connectivity index (χ3n) is 4.17. The van der Waals surface area contributed by atoms with E-state index in [1.807, 2.05) is 6.92 Å². The summed E-state index contributed by atoms with van der Waals surface area (Å²) in [5.41, 5.74) is -0.491. The number of carbonyl (C=O) groups is 3. The summed E-state index contributed by atoms with van der Waals surface area (Å²) in [7, 11) is 0. The van der Waals surface area contributed by atoms with Crippen LogP contribution < -0.4 is 10.6 Å². The van der Waals surface area contributed by atoms with Crippen LogP contribution in [0.5, 0.6) is 0 Å². The van der Waals surface area contributed by atoms with E-state index in [9.17, 15) is 23.2 Å². The van der Waals surface area contributed by atoms with Crippen LogP contribution in [0.15, 0.2) is 18.2 Å². The summed E-state index contributed by atoms with van der Waals surface area (Å²) < 4.78 is 30.8. The minimum Gasteiger partial charge on any atom is -0.452 e. The predicted octanol–water partition coefficient (Wildman–Crippen LogP) is 2.53. The minimum atomic E-state index is -1.12. The van der Waals surface area contributed by atoms with Crippen molar-refractivity contribution in [2.45, 2.75) is 38.6 Å². The molecule has 1 fully saturated rings. The lowest BCUT2D eigenvalue weighted by Crippen LogP contribution is -2.48. The van der Waals surface area contributed by atoms with Crippen LogP contribution in [0.2, 0.25) is 0 Å². The van der Waals surface area contributed by atoms with Gasteiger partial charge in [-0.2, -0.15) is 0 Å². The molecule has 1 aliphatic carbocycles. The van der Waals surface area contributed by atoms with Crippen LogP contribution in [0.3, 0.4) is 0 Å². The van der Waals surface area contributed by atoms with Crippen molar-refractivity contribution < 1.29 is 27.9 Å². The van der Waals surface area contributed by atoms with E-state index in [-0.39, 0.29) is 6.04 Å². The number of benzene rings is 1. The Hall–Kier alpha value is -2.51. The highest BCUT2D eigenvalue weighted by Crippen LogP contribution is 2.23. The molecular formula is C17H20F2N2O4. The normalized spacial score (nSPS) is 19.8. The molecule has 8 heteroatoms. The highest BCUT2D eigenvalue weighted by atomic mass is 19.1. The van der Waals surface area contributed by atoms with E-state index in [0.29, 0.717) is 12.0 Å². The van der Waals surface area contributed by atoms with Crippen LogP contribution >= 0.6 is 0 Å². The lowest BCUT2D eigenvalue weighted by molar-refractivity contribution is -0.123. The summed E-state index contributed by atoms with van der Waals surface area (Å²) in [5.74, 6) is -3.55. The maximum absolute atomic E-state index is 13.4. The Bertz CT molecular complexity index is 666. The quantitative estimate of drug-likeness (QED) is 0.814. The Kier molecular flexibility index (Phi) is 6.44. The second kappa shape index (κ2) is 8.55. The molecule has 136 valence electrons. The summed E-state index contributed by atoms with van der Waals surface area (Å²) in [6.45, 7) is 1.29. The van der Waals surface area contributed by atoms with E-state index in [1.54, 1.807) is 0 Å². The third-order valence-corrected chi connectivity index (χ3v) is 4.17. The number of carbonyl (C=O) groups excluding carboxylic acids is 3. The summed E-state index contributed by atoms with van der Waals surface area (Å²) in [5, 5.41) is 4.78. The van der Waals surface area contributed by atoms with E-state index in [2.05, 4.69) is 15.4 Å². The van der Waals surface area contributed by atoms with E-state index >= 15 is 0 Å². The SMILES string of the molecule is C[C@H]1CCCC[C@H]1NC(=O)NC(=O)COC(=O)c1ccc(F)cc1F. The van der Waals surface area contributed by atoms with Crippen LogP contribution in [-0.4, -0.2) is 30.6 Å². The Morgan fingerprint density at radius 2 is 1.92 bits per heavy atom. The van der Waals surface area contributed by atoms with Crippen LogP contribution in [0.25, 0.3) is 0 Å². The minimum absolute atomic E-state index is 0.00240. The first-order valence-electron chi connectivity index (χ1n) is 8.09. The van der Waals surface area contributed by atoms with Crippen LogP contribution in [0.4, 0.5) is 13.6 Å². The Labute approximate surface area is 143 Å². The molecule has 1 aromatic rings. The van der Waals surface area contributed by atoms with Crippen molar-refractivity contribution in [1.29, 1.82) is 0 Å². The van der Waals surface area contributed by atoms with Crippen LogP contribution in [-0.2, 0) is 9.53 Å². The fourth-order valence-corrected chi connectivity index (χ4v) is 2.76. The highest BCUT2D eigenvalue weighted by Gasteiger charge is 2.23. The standard InChI is InChI=1S/C17H20F2N2O4/c1-10-4-2-3-5-14(10)20-17(24)21-15(22)9-25-16(23)12-7-6-11(18)8-13(12)19/h6-8,10,14H,2-5,9H2,1H3,(H2,20,21,22,24)/t10-,14+/m0/s1. The van der Waals surface area contributed by atoms with Crippen molar-refractivity contribution in [1.82, 2.24) is 10.6 Å². The van der Waals surface area contributed by atoms with Gasteiger partial charge in [0.1, 0.15) is 11.6 Å². The molecule has 6 nitrogen and oxygen atoms in total. The van der Waals surface area contributed by atoms with Gasteiger partial charge in [-0.1, -0.05) is 19.8 Å². The topological polar surface area (TPSA) is 84.5 Å². The van der Waals surface area contributed by atoms with Crippen molar-refractivity contribution >= 4 is 17.9 Å². The maximum atomic E-state index is 13.4. The van der Waals surface area contributed by atoms with E-state index < -0.39 is 41.7 Å². The Morgan fingerprint density at radius 3 is 2.60 bits per heavy atom. The number of urea groups is 1. The van der Waals surface area contributed by atoms with Gasteiger partial charge in [-0.15, -0.1) is 0 Å². The predicted molar refractivity (Wildman–Crippen MR) is 84.7 cm³/mol. The molecule has 2 rings (SSSR count). The van der Waals surface area contributed by atoms with E-state index in [0.717, 1.165) is 37.8 Å². The van der Waals surface area contributed by atoms with Gasteiger partial charge >= 0.3 is 12.0 Å². The molecule has 0 unspecified atom stereocenters. The van der Waals surface area contributed by atoms with Gasteiger partial charge in [-0.05, 0) is 30.9 Å². The van der Waals surface area contributed by atoms with Crippen LogP contribution in [0, 0.1) is 17.6 Å². The molecule has 0 bridgehead atoms. The van der Waals surface area contributed by atoms with Gasteiger partial charge in [0, 0.05) is 12.1 Å². The van der Waals surface area contributed by atoms with Gasteiger partial charge in [0.25, 0.3) is 5.91 Å². The van der Waals surface area contributed by atoms with Crippen molar-refractivity contribution in [3.8, 4) is 0 Å². The Balaban J connectivity index is 1.77. The number of ether oxygens (including phenoxy) is 1. The first kappa shape index (κ1) is 18.8. The average molecular weight is 354 g/mol. The monoisotopic (exact) mass is 354 g/mol. The van der Waals surface area contributed by atoms with Gasteiger partial charge in [0.15, 0.2) is 6.61 Å². The van der Waals surface area contributed by atoms with Crippen molar-refractivity contribution in [2.75, 3.05) is 6.61 Å². The van der Waals surface area contributed by atoms with E-state index in [1.165, 1.54) is 0 Å². The van der Waals surface area contributed by atoms with Crippen molar-refractivity contribution in [2.24, 2.45) is 5.92 Å². The zero-order valence-corrected chi connectivity index (χ0v) is 13.8.